The molecule has 10 heteroatoms. The minimum absolute atomic E-state index is 0.0168. The number of alkyl halides is 3. The molecule has 0 aliphatic carbocycles. The lowest BCUT2D eigenvalue weighted by Gasteiger charge is -2.11. The predicted molar refractivity (Wildman–Crippen MR) is 87.2 cm³/mol. The number of nitrogens with zero attached hydrogens (tertiary/aromatic N) is 5. The van der Waals surface area contributed by atoms with Gasteiger partial charge in [0.15, 0.2) is 0 Å². The smallest absolute Gasteiger partial charge is 0.416 e. The van der Waals surface area contributed by atoms with Crippen molar-refractivity contribution in [1.82, 2.24) is 25.2 Å². The van der Waals surface area contributed by atoms with Crippen LogP contribution >= 0.6 is 0 Å². The number of aromatic nitrogens is 5. The van der Waals surface area contributed by atoms with Gasteiger partial charge in [0.2, 0.25) is 5.95 Å². The van der Waals surface area contributed by atoms with Gasteiger partial charge in [-0.25, -0.2) is 9.67 Å². The molecule has 2 aromatic heterocycles. The fraction of sp³-hybridized carbons (Fsp3) is 0.250. The van der Waals surface area contributed by atoms with E-state index in [9.17, 15) is 13.2 Å². The van der Waals surface area contributed by atoms with Crippen LogP contribution in [0.25, 0.3) is 0 Å². The Bertz CT molecular complexity index is 892. The standard InChI is InChI=1S/C16H15F3N6O/c1-10-7-12(16(17,18)19)8-14(20-10)21-15-22-23-24-25(15)9-11-3-5-13(26-2)6-4-11/h3-8H,9H2,1-2H3,(H,20,21,22,24). The first-order valence-corrected chi connectivity index (χ1v) is 7.57. The lowest BCUT2D eigenvalue weighted by Crippen LogP contribution is -2.10. The Morgan fingerprint density at radius 1 is 1.15 bits per heavy atom. The molecule has 0 amide bonds. The first kappa shape index (κ1) is 17.6. The molecule has 1 aromatic carbocycles. The Kier molecular flexibility index (Phi) is 4.74. The highest BCUT2D eigenvalue weighted by Gasteiger charge is 2.31. The van der Waals surface area contributed by atoms with Gasteiger partial charge in [0.1, 0.15) is 11.6 Å². The topological polar surface area (TPSA) is 77.8 Å². The molecule has 136 valence electrons. The molecule has 0 fully saturated rings. The summed E-state index contributed by atoms with van der Waals surface area (Å²) in [4.78, 5) is 4.06. The number of benzene rings is 1. The van der Waals surface area contributed by atoms with E-state index in [4.69, 9.17) is 4.74 Å². The Morgan fingerprint density at radius 2 is 1.88 bits per heavy atom. The highest BCUT2D eigenvalue weighted by atomic mass is 19.4. The Hall–Kier alpha value is -3.17. The van der Waals surface area contributed by atoms with Crippen LogP contribution in [0.3, 0.4) is 0 Å². The molecule has 0 radical (unpaired) electrons. The zero-order valence-electron chi connectivity index (χ0n) is 13.9. The molecule has 0 spiro atoms. The fourth-order valence-electron chi connectivity index (χ4n) is 2.32. The number of pyridine rings is 1. The molecule has 0 aliphatic heterocycles. The van der Waals surface area contributed by atoms with E-state index >= 15 is 0 Å². The second-order valence-corrected chi connectivity index (χ2v) is 5.51. The number of methoxy groups -OCH3 is 1. The van der Waals surface area contributed by atoms with E-state index in [2.05, 4.69) is 25.8 Å². The number of anilines is 2. The molecule has 0 aliphatic rings. The summed E-state index contributed by atoms with van der Waals surface area (Å²) < 4.78 is 45.4. The third-order valence-corrected chi connectivity index (χ3v) is 3.54. The van der Waals surface area contributed by atoms with E-state index in [1.165, 1.54) is 11.6 Å². The van der Waals surface area contributed by atoms with E-state index in [-0.39, 0.29) is 17.5 Å². The van der Waals surface area contributed by atoms with Gasteiger partial charge in [-0.05, 0) is 47.2 Å². The van der Waals surface area contributed by atoms with Gasteiger partial charge in [0, 0.05) is 5.69 Å². The lowest BCUT2D eigenvalue weighted by atomic mass is 10.2. The zero-order valence-corrected chi connectivity index (χ0v) is 13.9. The lowest BCUT2D eigenvalue weighted by molar-refractivity contribution is -0.137. The van der Waals surface area contributed by atoms with Gasteiger partial charge in [0.05, 0.1) is 19.2 Å². The minimum Gasteiger partial charge on any atom is -0.497 e. The number of ether oxygens (including phenoxy) is 1. The second-order valence-electron chi connectivity index (χ2n) is 5.51. The van der Waals surface area contributed by atoms with Gasteiger partial charge in [-0.1, -0.05) is 17.2 Å². The average Bonchev–Trinajstić information content (AvgIpc) is 3.01. The largest absolute Gasteiger partial charge is 0.497 e. The second kappa shape index (κ2) is 6.98. The van der Waals surface area contributed by atoms with Gasteiger partial charge in [-0.15, -0.1) is 0 Å². The van der Waals surface area contributed by atoms with Gasteiger partial charge >= 0.3 is 6.18 Å². The van der Waals surface area contributed by atoms with Crippen LogP contribution in [0.15, 0.2) is 36.4 Å². The van der Waals surface area contributed by atoms with Crippen molar-refractivity contribution in [2.24, 2.45) is 0 Å². The third kappa shape index (κ3) is 4.08. The summed E-state index contributed by atoms with van der Waals surface area (Å²) in [6.45, 7) is 1.82. The third-order valence-electron chi connectivity index (χ3n) is 3.54. The van der Waals surface area contributed by atoms with Crippen molar-refractivity contribution in [3.05, 3.63) is 53.2 Å². The number of hydrogen-bond donors (Lipinski definition) is 1. The maximum absolute atomic E-state index is 12.9. The molecule has 1 N–H and O–H groups in total. The SMILES string of the molecule is COc1ccc(Cn2nnnc2Nc2cc(C(F)(F)F)cc(C)n2)cc1. The number of rotatable bonds is 5. The van der Waals surface area contributed by atoms with Crippen molar-refractivity contribution in [3.8, 4) is 5.75 Å². The van der Waals surface area contributed by atoms with E-state index in [1.54, 1.807) is 19.2 Å². The molecule has 0 bridgehead atoms. The molecule has 3 aromatic rings. The van der Waals surface area contributed by atoms with E-state index in [1.807, 2.05) is 12.1 Å². The predicted octanol–water partition coefficient (Wildman–Crippen LogP) is 3.20. The molecule has 0 atom stereocenters. The summed E-state index contributed by atoms with van der Waals surface area (Å²) in [7, 11) is 1.57. The van der Waals surface area contributed by atoms with Crippen molar-refractivity contribution in [1.29, 1.82) is 0 Å². The summed E-state index contributed by atoms with van der Waals surface area (Å²) >= 11 is 0. The van der Waals surface area contributed by atoms with E-state index < -0.39 is 11.7 Å². The maximum Gasteiger partial charge on any atom is 0.416 e. The van der Waals surface area contributed by atoms with Crippen LogP contribution in [-0.4, -0.2) is 32.3 Å². The highest BCUT2D eigenvalue weighted by Crippen LogP contribution is 2.31. The van der Waals surface area contributed by atoms with Crippen LogP contribution in [0.1, 0.15) is 16.8 Å². The molecule has 26 heavy (non-hydrogen) atoms. The minimum atomic E-state index is -4.46. The van der Waals surface area contributed by atoms with Gasteiger partial charge < -0.3 is 10.1 Å². The Morgan fingerprint density at radius 3 is 2.54 bits per heavy atom. The maximum atomic E-state index is 12.9. The number of tetrazole rings is 1. The summed E-state index contributed by atoms with van der Waals surface area (Å²) in [5.41, 5.74) is 0.340. The van der Waals surface area contributed by atoms with E-state index in [0.29, 0.717) is 12.3 Å². The van der Waals surface area contributed by atoms with Crippen molar-refractivity contribution in [3.63, 3.8) is 0 Å². The molecule has 0 unspecified atom stereocenters. The Balaban J connectivity index is 1.81. The molecule has 7 nitrogen and oxygen atoms in total. The van der Waals surface area contributed by atoms with Crippen molar-refractivity contribution in [2.75, 3.05) is 12.4 Å². The van der Waals surface area contributed by atoms with Gasteiger partial charge in [-0.3, -0.25) is 0 Å². The number of halogens is 3. The van der Waals surface area contributed by atoms with Crippen molar-refractivity contribution in [2.45, 2.75) is 19.6 Å². The number of nitrogens with one attached hydrogen (secondary N) is 1. The highest BCUT2D eigenvalue weighted by molar-refractivity contribution is 5.50. The summed E-state index contributed by atoms with van der Waals surface area (Å²) in [5.74, 6) is 0.919. The van der Waals surface area contributed by atoms with Crippen LogP contribution in [0.4, 0.5) is 24.9 Å². The van der Waals surface area contributed by atoms with Crippen LogP contribution in [0.2, 0.25) is 0 Å². The van der Waals surface area contributed by atoms with Crippen molar-refractivity contribution >= 4 is 11.8 Å². The summed E-state index contributed by atoms with van der Waals surface area (Å²) in [6.07, 6.45) is -4.46. The van der Waals surface area contributed by atoms with Crippen molar-refractivity contribution < 1.29 is 17.9 Å². The van der Waals surface area contributed by atoms with Crippen LogP contribution in [0, 0.1) is 6.92 Å². The molecule has 0 saturated heterocycles. The Labute approximate surface area is 146 Å². The number of aryl methyl sites for hydroxylation is 1. The molecule has 2 heterocycles. The molecule has 3 rings (SSSR count). The van der Waals surface area contributed by atoms with Crippen LogP contribution in [0.5, 0.6) is 5.75 Å². The van der Waals surface area contributed by atoms with Crippen LogP contribution in [-0.2, 0) is 12.7 Å². The molecule has 0 saturated carbocycles. The zero-order chi connectivity index (χ0) is 18.7. The first-order valence-electron chi connectivity index (χ1n) is 7.57. The van der Waals surface area contributed by atoms with Gasteiger partial charge in [0.25, 0.3) is 0 Å². The number of hydrogen-bond acceptors (Lipinski definition) is 6. The summed E-state index contributed by atoms with van der Waals surface area (Å²) in [5, 5.41) is 14.0. The monoisotopic (exact) mass is 364 g/mol. The quantitative estimate of drug-likeness (QED) is 0.749. The fourth-order valence-corrected chi connectivity index (χ4v) is 2.32. The molecular weight excluding hydrogens is 349 g/mol. The summed E-state index contributed by atoms with van der Waals surface area (Å²) in [6, 6.07) is 9.17. The average molecular weight is 364 g/mol. The van der Waals surface area contributed by atoms with Crippen LogP contribution < -0.4 is 10.1 Å². The van der Waals surface area contributed by atoms with Gasteiger partial charge in [-0.2, -0.15) is 13.2 Å². The first-order chi connectivity index (χ1) is 12.3. The molecular formula is C16H15F3N6O. The van der Waals surface area contributed by atoms with E-state index in [0.717, 1.165) is 17.7 Å². The normalized spacial score (nSPS) is 11.4.